The Labute approximate surface area is 135 Å². The molecule has 122 valence electrons. The van der Waals surface area contributed by atoms with E-state index < -0.39 is 0 Å². The lowest BCUT2D eigenvalue weighted by molar-refractivity contribution is -0.118. The van der Waals surface area contributed by atoms with Crippen LogP contribution in [0, 0.1) is 5.82 Å². The Morgan fingerprint density at radius 3 is 2.43 bits per heavy atom. The molecule has 0 fully saturated rings. The van der Waals surface area contributed by atoms with Gasteiger partial charge in [-0.25, -0.2) is 4.39 Å². The predicted molar refractivity (Wildman–Crippen MR) is 88.9 cm³/mol. The van der Waals surface area contributed by atoms with Crippen molar-refractivity contribution in [1.82, 2.24) is 0 Å². The van der Waals surface area contributed by atoms with E-state index in [1.807, 2.05) is 24.0 Å². The molecule has 0 spiro atoms. The minimum atomic E-state index is -0.384. The maximum absolute atomic E-state index is 13.5. The van der Waals surface area contributed by atoms with Crippen LogP contribution in [0.2, 0.25) is 0 Å². The monoisotopic (exact) mass is 316 g/mol. The number of carbonyl (C=O) groups is 1. The van der Waals surface area contributed by atoms with Crippen LogP contribution in [0.5, 0.6) is 5.75 Å². The third kappa shape index (κ3) is 4.22. The van der Waals surface area contributed by atoms with Crippen LogP contribution in [0.25, 0.3) is 0 Å². The molecule has 0 saturated carbocycles. The fourth-order valence-corrected chi connectivity index (χ4v) is 2.34. The van der Waals surface area contributed by atoms with Crippen molar-refractivity contribution in [3.05, 3.63) is 59.9 Å². The Bertz CT molecular complexity index is 658. The van der Waals surface area contributed by atoms with Gasteiger partial charge in [-0.15, -0.1) is 0 Å². The number of ether oxygens (including phenoxy) is 1. The molecule has 0 aliphatic carbocycles. The number of likely N-dealkylation sites (N-methyl/N-ethyl adjacent to an activating group) is 1. The Morgan fingerprint density at radius 2 is 1.87 bits per heavy atom. The van der Waals surface area contributed by atoms with Crippen LogP contribution >= 0.6 is 0 Å². The lowest BCUT2D eigenvalue weighted by atomic mass is 10.2. The normalized spacial score (nSPS) is 11.8. The first-order valence-electron chi connectivity index (χ1n) is 7.55. The quantitative estimate of drug-likeness (QED) is 0.854. The highest BCUT2D eigenvalue weighted by Crippen LogP contribution is 2.22. The van der Waals surface area contributed by atoms with Gasteiger partial charge >= 0.3 is 0 Å². The number of carbonyl (C=O) groups excluding carboxylic acids is 1. The summed E-state index contributed by atoms with van der Waals surface area (Å²) in [4.78, 5) is 13.3. The Balaban J connectivity index is 2.04. The topological polar surface area (TPSA) is 55.6 Å². The third-order valence-electron chi connectivity index (χ3n) is 3.74. The van der Waals surface area contributed by atoms with E-state index in [1.165, 1.54) is 6.07 Å². The number of amides is 1. The molecule has 23 heavy (non-hydrogen) atoms. The van der Waals surface area contributed by atoms with Crippen molar-refractivity contribution in [2.24, 2.45) is 5.73 Å². The van der Waals surface area contributed by atoms with Crippen molar-refractivity contribution in [3.63, 3.8) is 0 Å². The van der Waals surface area contributed by atoms with Crippen LogP contribution in [0.15, 0.2) is 48.5 Å². The molecule has 0 aromatic heterocycles. The molecule has 2 rings (SSSR count). The molecule has 0 bridgehead atoms. The van der Waals surface area contributed by atoms with Gasteiger partial charge in [-0.05, 0) is 44.2 Å². The summed E-state index contributed by atoms with van der Waals surface area (Å²) in [5.74, 6) is -0.0110. The van der Waals surface area contributed by atoms with Gasteiger partial charge < -0.3 is 15.4 Å². The van der Waals surface area contributed by atoms with E-state index in [1.54, 1.807) is 37.3 Å². The molecule has 5 heteroatoms. The molecule has 0 radical (unpaired) electrons. The summed E-state index contributed by atoms with van der Waals surface area (Å²) in [6.45, 7) is 4.57. The first kappa shape index (κ1) is 16.8. The number of anilines is 1. The summed E-state index contributed by atoms with van der Waals surface area (Å²) in [6, 6.07) is 13.5. The van der Waals surface area contributed by atoms with Gasteiger partial charge in [0.15, 0.2) is 0 Å². The van der Waals surface area contributed by atoms with Gasteiger partial charge in [0.2, 0.25) is 5.91 Å². The van der Waals surface area contributed by atoms with E-state index in [4.69, 9.17) is 10.5 Å². The maximum atomic E-state index is 13.5. The van der Waals surface area contributed by atoms with Crippen molar-refractivity contribution in [2.45, 2.75) is 26.5 Å². The second kappa shape index (κ2) is 7.63. The fraction of sp³-hybridized carbons (Fsp3) is 0.278. The minimum absolute atomic E-state index is 0.168. The summed E-state index contributed by atoms with van der Waals surface area (Å²) in [5.41, 5.74) is 6.76. The molecule has 2 aromatic rings. The van der Waals surface area contributed by atoms with Gasteiger partial charge in [-0.2, -0.15) is 0 Å². The Hall–Kier alpha value is -2.56. The van der Waals surface area contributed by atoms with Gasteiger partial charge in [-0.1, -0.05) is 18.2 Å². The molecule has 1 atom stereocenters. The minimum Gasteiger partial charge on any atom is -0.489 e. The van der Waals surface area contributed by atoms with Gasteiger partial charge in [0.05, 0.1) is 0 Å². The average molecular weight is 316 g/mol. The maximum Gasteiger partial charge on any atom is 0.239 e. The highest BCUT2D eigenvalue weighted by molar-refractivity contribution is 5.83. The van der Waals surface area contributed by atoms with E-state index in [-0.39, 0.29) is 24.4 Å². The molecule has 1 unspecified atom stereocenters. The average Bonchev–Trinajstić information content (AvgIpc) is 2.56. The van der Waals surface area contributed by atoms with Crippen molar-refractivity contribution in [3.8, 4) is 5.75 Å². The number of hydrogen-bond donors (Lipinski definition) is 1. The molecule has 4 nitrogen and oxygen atoms in total. The molecule has 0 aliphatic heterocycles. The molecular weight excluding hydrogens is 295 g/mol. The largest absolute Gasteiger partial charge is 0.489 e. The van der Waals surface area contributed by atoms with E-state index in [0.717, 1.165) is 5.69 Å². The number of nitrogens with two attached hydrogens (primary N) is 1. The molecule has 0 heterocycles. The van der Waals surface area contributed by atoms with Crippen LogP contribution in [0.3, 0.4) is 0 Å². The number of primary amides is 1. The highest BCUT2D eigenvalue weighted by atomic mass is 19.1. The number of nitrogens with zero attached hydrogens (tertiary/aromatic N) is 1. The molecule has 2 aromatic carbocycles. The molecule has 0 aliphatic rings. The highest BCUT2D eigenvalue weighted by Gasteiger charge is 2.17. The number of halogens is 1. The standard InChI is InChI=1S/C18H21FN2O2/c1-3-21(13(2)18(20)22)15-8-10-16(11-9-15)23-12-14-6-4-5-7-17(14)19/h4-11,13H,3,12H2,1-2H3,(H2,20,22). The second-order valence-electron chi connectivity index (χ2n) is 5.24. The molecule has 0 saturated heterocycles. The summed E-state index contributed by atoms with van der Waals surface area (Å²) < 4.78 is 19.1. The number of hydrogen-bond acceptors (Lipinski definition) is 3. The van der Waals surface area contributed by atoms with Crippen molar-refractivity contribution in [2.75, 3.05) is 11.4 Å². The van der Waals surface area contributed by atoms with Gasteiger partial charge in [0.1, 0.15) is 24.2 Å². The smallest absolute Gasteiger partial charge is 0.239 e. The van der Waals surface area contributed by atoms with Crippen molar-refractivity contribution >= 4 is 11.6 Å². The van der Waals surface area contributed by atoms with Crippen LogP contribution < -0.4 is 15.4 Å². The predicted octanol–water partition coefficient (Wildman–Crippen LogP) is 3.10. The SMILES string of the molecule is CCN(c1ccc(OCc2ccccc2F)cc1)C(C)C(N)=O. The van der Waals surface area contributed by atoms with Crippen LogP contribution in [0.1, 0.15) is 19.4 Å². The summed E-state index contributed by atoms with van der Waals surface area (Å²) in [5, 5.41) is 0. The fourth-order valence-electron chi connectivity index (χ4n) is 2.34. The zero-order valence-corrected chi connectivity index (χ0v) is 13.3. The Morgan fingerprint density at radius 1 is 1.22 bits per heavy atom. The lowest BCUT2D eigenvalue weighted by Gasteiger charge is -2.28. The van der Waals surface area contributed by atoms with Crippen molar-refractivity contribution < 1.29 is 13.9 Å². The first-order chi connectivity index (χ1) is 11.0. The van der Waals surface area contributed by atoms with Gasteiger partial charge in [-0.3, -0.25) is 4.79 Å². The van der Waals surface area contributed by atoms with Crippen LogP contribution in [-0.4, -0.2) is 18.5 Å². The molecular formula is C18H21FN2O2. The lowest BCUT2D eigenvalue weighted by Crippen LogP contribution is -2.42. The second-order valence-corrected chi connectivity index (χ2v) is 5.24. The third-order valence-corrected chi connectivity index (χ3v) is 3.74. The summed E-state index contributed by atoms with van der Waals surface area (Å²) in [7, 11) is 0. The first-order valence-corrected chi connectivity index (χ1v) is 7.55. The van der Waals surface area contributed by atoms with Crippen LogP contribution in [-0.2, 0) is 11.4 Å². The van der Waals surface area contributed by atoms with E-state index in [2.05, 4.69) is 0 Å². The molecule has 2 N–H and O–H groups in total. The molecule has 1 amide bonds. The van der Waals surface area contributed by atoms with Gasteiger partial charge in [0.25, 0.3) is 0 Å². The van der Waals surface area contributed by atoms with Gasteiger partial charge in [0, 0.05) is 17.8 Å². The zero-order valence-electron chi connectivity index (χ0n) is 13.3. The number of benzene rings is 2. The van der Waals surface area contributed by atoms with Crippen LogP contribution in [0.4, 0.5) is 10.1 Å². The van der Waals surface area contributed by atoms with E-state index in [9.17, 15) is 9.18 Å². The van der Waals surface area contributed by atoms with E-state index in [0.29, 0.717) is 17.9 Å². The summed E-state index contributed by atoms with van der Waals surface area (Å²) in [6.07, 6.45) is 0. The summed E-state index contributed by atoms with van der Waals surface area (Å²) >= 11 is 0. The number of rotatable bonds is 7. The van der Waals surface area contributed by atoms with E-state index >= 15 is 0 Å². The van der Waals surface area contributed by atoms with Crippen molar-refractivity contribution in [1.29, 1.82) is 0 Å². The zero-order chi connectivity index (χ0) is 16.8. The Kier molecular flexibility index (Phi) is 5.57.